The van der Waals surface area contributed by atoms with E-state index in [9.17, 15) is 9.18 Å². The molecule has 6 heteroatoms. The summed E-state index contributed by atoms with van der Waals surface area (Å²) in [4.78, 5) is 15.6. The number of ether oxygens (including phenoxy) is 1. The van der Waals surface area contributed by atoms with Crippen LogP contribution in [0.3, 0.4) is 0 Å². The molecule has 3 rings (SSSR count). The highest BCUT2D eigenvalue weighted by Crippen LogP contribution is 2.25. The summed E-state index contributed by atoms with van der Waals surface area (Å²) in [7, 11) is 1.40. The quantitative estimate of drug-likeness (QED) is 0.784. The molecule has 2 aromatic heterocycles. The summed E-state index contributed by atoms with van der Waals surface area (Å²) in [5.74, 6) is -0.725. The van der Waals surface area contributed by atoms with Crippen LogP contribution in [-0.2, 0) is 22.5 Å². The Morgan fingerprint density at radius 3 is 3.00 bits per heavy atom. The number of hydrogen-bond acceptors (Lipinski definition) is 4. The summed E-state index contributed by atoms with van der Waals surface area (Å²) < 4.78 is 19.5. The molecule has 2 aromatic rings. The number of hydrogen-bond donors (Lipinski definition) is 0. The number of carbonyl (C=O) groups is 1. The first-order valence-electron chi connectivity index (χ1n) is 6.44. The first-order valence-corrected chi connectivity index (χ1v) is 6.44. The van der Waals surface area contributed by atoms with Gasteiger partial charge in [0, 0.05) is 5.69 Å². The van der Waals surface area contributed by atoms with Crippen molar-refractivity contribution in [1.29, 1.82) is 0 Å². The van der Waals surface area contributed by atoms with E-state index in [-0.39, 0.29) is 17.7 Å². The normalized spacial score (nSPS) is 17.6. The average molecular weight is 275 g/mol. The van der Waals surface area contributed by atoms with Gasteiger partial charge in [-0.2, -0.15) is 5.10 Å². The topological polar surface area (TPSA) is 57.0 Å². The Kier molecular flexibility index (Phi) is 3.22. The molecule has 0 spiro atoms. The van der Waals surface area contributed by atoms with Crippen LogP contribution in [0.15, 0.2) is 24.4 Å². The number of halogens is 1. The number of pyridine rings is 1. The molecular weight excluding hydrogens is 261 g/mol. The predicted molar refractivity (Wildman–Crippen MR) is 69.2 cm³/mol. The third kappa shape index (κ3) is 2.29. The zero-order valence-corrected chi connectivity index (χ0v) is 11.0. The third-order valence-corrected chi connectivity index (χ3v) is 3.53. The maximum Gasteiger partial charge on any atom is 0.310 e. The van der Waals surface area contributed by atoms with Gasteiger partial charge in [0.2, 0.25) is 0 Å². The minimum absolute atomic E-state index is 0.151. The summed E-state index contributed by atoms with van der Waals surface area (Å²) >= 11 is 0. The van der Waals surface area contributed by atoms with E-state index in [4.69, 9.17) is 4.74 Å². The maximum atomic E-state index is 12.9. The molecule has 1 aliphatic heterocycles. The Morgan fingerprint density at radius 2 is 2.30 bits per heavy atom. The molecule has 0 bridgehead atoms. The second-order valence-corrected chi connectivity index (χ2v) is 4.82. The molecule has 20 heavy (non-hydrogen) atoms. The molecule has 1 aliphatic rings. The molecule has 5 nitrogen and oxygen atoms in total. The van der Waals surface area contributed by atoms with Gasteiger partial charge in [-0.05, 0) is 31.0 Å². The Labute approximate surface area is 115 Å². The minimum Gasteiger partial charge on any atom is -0.469 e. The molecule has 104 valence electrons. The zero-order valence-electron chi connectivity index (χ0n) is 11.0. The van der Waals surface area contributed by atoms with Gasteiger partial charge in [-0.25, -0.2) is 4.39 Å². The Bertz CT molecular complexity index is 636. The van der Waals surface area contributed by atoms with Crippen LogP contribution in [0.1, 0.15) is 12.1 Å². The van der Waals surface area contributed by atoms with E-state index in [1.165, 1.54) is 19.4 Å². The van der Waals surface area contributed by atoms with Gasteiger partial charge in [-0.15, -0.1) is 0 Å². The fraction of sp³-hybridized carbons (Fsp3) is 0.357. The van der Waals surface area contributed by atoms with E-state index in [1.54, 1.807) is 6.07 Å². The van der Waals surface area contributed by atoms with Gasteiger partial charge < -0.3 is 4.74 Å². The van der Waals surface area contributed by atoms with Crippen LogP contribution < -0.4 is 0 Å². The number of esters is 1. The fourth-order valence-corrected chi connectivity index (χ4v) is 2.45. The minimum atomic E-state index is -0.372. The molecule has 1 unspecified atom stereocenters. The van der Waals surface area contributed by atoms with E-state index in [2.05, 4.69) is 10.1 Å². The first kappa shape index (κ1) is 12.8. The molecule has 0 amide bonds. The van der Waals surface area contributed by atoms with Gasteiger partial charge in [0.05, 0.1) is 31.5 Å². The summed E-state index contributed by atoms with van der Waals surface area (Å²) in [5.41, 5.74) is 2.39. The van der Waals surface area contributed by atoms with Crippen LogP contribution in [0, 0.1) is 11.7 Å². The molecule has 0 aliphatic carbocycles. The second kappa shape index (κ2) is 5.03. The van der Waals surface area contributed by atoms with Crippen molar-refractivity contribution >= 4 is 5.97 Å². The van der Waals surface area contributed by atoms with Crippen molar-refractivity contribution in [3.8, 4) is 11.4 Å². The SMILES string of the molecule is COC(=O)C1CCc2cc(-c3ccc(F)cn3)nn2C1. The number of carbonyl (C=O) groups excluding carboxylic acids is 1. The highest BCUT2D eigenvalue weighted by molar-refractivity contribution is 5.72. The Balaban J connectivity index is 1.86. The lowest BCUT2D eigenvalue weighted by Gasteiger charge is -2.20. The van der Waals surface area contributed by atoms with Crippen LogP contribution in [-0.4, -0.2) is 27.8 Å². The molecule has 0 aromatic carbocycles. The average Bonchev–Trinajstić information content (AvgIpc) is 2.90. The molecule has 1 atom stereocenters. The largest absolute Gasteiger partial charge is 0.469 e. The monoisotopic (exact) mass is 275 g/mol. The lowest BCUT2D eigenvalue weighted by molar-refractivity contribution is -0.146. The molecule has 0 saturated heterocycles. The van der Waals surface area contributed by atoms with Crippen molar-refractivity contribution in [3.63, 3.8) is 0 Å². The van der Waals surface area contributed by atoms with Crippen LogP contribution >= 0.6 is 0 Å². The summed E-state index contributed by atoms with van der Waals surface area (Å²) in [6, 6.07) is 4.90. The summed E-state index contributed by atoms with van der Waals surface area (Å²) in [6.07, 6.45) is 2.70. The highest BCUT2D eigenvalue weighted by Gasteiger charge is 2.26. The molecule has 0 radical (unpaired) electrons. The van der Waals surface area contributed by atoms with Gasteiger partial charge in [0.15, 0.2) is 0 Å². The lowest BCUT2D eigenvalue weighted by Crippen LogP contribution is -2.28. The van der Waals surface area contributed by atoms with Crippen LogP contribution in [0.25, 0.3) is 11.4 Å². The van der Waals surface area contributed by atoms with Crippen LogP contribution in [0.4, 0.5) is 4.39 Å². The van der Waals surface area contributed by atoms with Crippen LogP contribution in [0.2, 0.25) is 0 Å². The van der Waals surface area contributed by atoms with E-state index < -0.39 is 0 Å². The molecule has 0 fully saturated rings. The van der Waals surface area contributed by atoms with E-state index in [0.29, 0.717) is 17.9 Å². The van der Waals surface area contributed by atoms with Gasteiger partial charge in [0.1, 0.15) is 11.5 Å². The second-order valence-electron chi connectivity index (χ2n) is 4.82. The number of fused-ring (bicyclic) bond motifs is 1. The number of methoxy groups -OCH3 is 1. The van der Waals surface area contributed by atoms with E-state index >= 15 is 0 Å². The lowest BCUT2D eigenvalue weighted by atomic mass is 9.98. The fourth-order valence-electron chi connectivity index (χ4n) is 2.45. The molecule has 0 N–H and O–H groups in total. The van der Waals surface area contributed by atoms with E-state index in [1.807, 2.05) is 10.7 Å². The van der Waals surface area contributed by atoms with Gasteiger partial charge in [-0.3, -0.25) is 14.5 Å². The first-order chi connectivity index (χ1) is 9.67. The maximum absolute atomic E-state index is 12.9. The summed E-state index contributed by atoms with van der Waals surface area (Å²) in [6.45, 7) is 0.517. The molecular formula is C14H14FN3O2. The Morgan fingerprint density at radius 1 is 1.45 bits per heavy atom. The smallest absolute Gasteiger partial charge is 0.310 e. The van der Waals surface area contributed by atoms with Crippen molar-refractivity contribution in [2.75, 3.05) is 7.11 Å². The third-order valence-electron chi connectivity index (χ3n) is 3.53. The number of aromatic nitrogens is 3. The molecule has 0 saturated carbocycles. The highest BCUT2D eigenvalue weighted by atomic mass is 19.1. The van der Waals surface area contributed by atoms with Crippen molar-refractivity contribution in [2.24, 2.45) is 5.92 Å². The zero-order chi connectivity index (χ0) is 14.1. The number of rotatable bonds is 2. The van der Waals surface area contributed by atoms with Gasteiger partial charge in [0.25, 0.3) is 0 Å². The number of aryl methyl sites for hydroxylation is 1. The number of nitrogens with zero attached hydrogens (tertiary/aromatic N) is 3. The van der Waals surface area contributed by atoms with Crippen molar-refractivity contribution in [3.05, 3.63) is 35.9 Å². The van der Waals surface area contributed by atoms with Crippen molar-refractivity contribution < 1.29 is 13.9 Å². The summed E-state index contributed by atoms with van der Waals surface area (Å²) in [5, 5.41) is 4.44. The van der Waals surface area contributed by atoms with Gasteiger partial charge in [-0.1, -0.05) is 0 Å². The van der Waals surface area contributed by atoms with Crippen molar-refractivity contribution in [1.82, 2.24) is 14.8 Å². The Hall–Kier alpha value is -2.24. The van der Waals surface area contributed by atoms with E-state index in [0.717, 1.165) is 18.5 Å². The van der Waals surface area contributed by atoms with Crippen molar-refractivity contribution in [2.45, 2.75) is 19.4 Å². The molecule has 3 heterocycles. The van der Waals surface area contributed by atoms with Gasteiger partial charge >= 0.3 is 5.97 Å². The standard InChI is InChI=1S/C14H14FN3O2/c1-20-14(19)9-2-4-11-6-13(17-18(11)8-9)12-5-3-10(15)7-16-12/h3,5-7,9H,2,4,8H2,1H3. The van der Waals surface area contributed by atoms with Crippen LogP contribution in [0.5, 0.6) is 0 Å². The predicted octanol–water partition coefficient (Wildman–Crippen LogP) is 1.82.